The lowest BCUT2D eigenvalue weighted by Gasteiger charge is -2.32. The molecule has 0 saturated carbocycles. The number of alkyl halides is 3. The normalized spacial score (nSPS) is 15.3. The zero-order chi connectivity index (χ0) is 21.8. The first kappa shape index (κ1) is 20.9. The average Bonchev–Trinajstić information content (AvgIpc) is 3.30. The number of carbonyl (C=O) groups is 1. The zero-order valence-electron chi connectivity index (χ0n) is 16.5. The number of nitrogens with one attached hydrogen (secondary N) is 1. The Morgan fingerprint density at radius 1 is 0.968 bits per heavy atom. The van der Waals surface area contributed by atoms with Gasteiger partial charge < -0.3 is 14.6 Å². The quantitative estimate of drug-likeness (QED) is 0.648. The van der Waals surface area contributed by atoms with E-state index in [4.69, 9.17) is 4.42 Å². The SMILES string of the molecule is O=C(NC(c1ccccc1)c1ccccc1)N1CCC(c2nnc(C(F)(F)F)o2)CC1. The summed E-state index contributed by atoms with van der Waals surface area (Å²) in [5, 5.41) is 9.72. The Labute approximate surface area is 177 Å². The van der Waals surface area contributed by atoms with E-state index in [1.54, 1.807) is 4.90 Å². The van der Waals surface area contributed by atoms with Crippen LogP contribution in [0.15, 0.2) is 65.1 Å². The maximum atomic E-state index is 12.9. The van der Waals surface area contributed by atoms with E-state index in [2.05, 4.69) is 15.5 Å². The minimum Gasteiger partial charge on any atom is -0.417 e. The maximum absolute atomic E-state index is 12.9. The summed E-state index contributed by atoms with van der Waals surface area (Å²) in [5.74, 6) is -1.67. The summed E-state index contributed by atoms with van der Waals surface area (Å²) in [6, 6.07) is 18.8. The van der Waals surface area contributed by atoms with Crippen LogP contribution in [0.4, 0.5) is 18.0 Å². The van der Waals surface area contributed by atoms with Crippen LogP contribution in [-0.2, 0) is 6.18 Å². The van der Waals surface area contributed by atoms with E-state index < -0.39 is 12.1 Å². The van der Waals surface area contributed by atoms with Crippen molar-refractivity contribution in [2.24, 2.45) is 0 Å². The first-order valence-corrected chi connectivity index (χ1v) is 9.98. The molecule has 2 amide bonds. The van der Waals surface area contributed by atoms with Crippen LogP contribution in [0.3, 0.4) is 0 Å². The Morgan fingerprint density at radius 2 is 1.52 bits per heavy atom. The molecule has 31 heavy (non-hydrogen) atoms. The molecule has 1 aliphatic heterocycles. The van der Waals surface area contributed by atoms with Gasteiger partial charge in [-0.2, -0.15) is 13.2 Å². The van der Waals surface area contributed by atoms with Crippen molar-refractivity contribution in [3.05, 3.63) is 83.6 Å². The van der Waals surface area contributed by atoms with Crippen molar-refractivity contribution in [1.82, 2.24) is 20.4 Å². The first-order valence-electron chi connectivity index (χ1n) is 9.98. The third kappa shape index (κ3) is 4.87. The average molecular weight is 430 g/mol. The third-order valence-corrected chi connectivity index (χ3v) is 5.35. The van der Waals surface area contributed by atoms with Gasteiger partial charge in [0.05, 0.1) is 6.04 Å². The molecule has 0 bridgehead atoms. The number of hydrogen-bond donors (Lipinski definition) is 1. The Balaban J connectivity index is 1.41. The number of aromatic nitrogens is 2. The molecule has 0 atom stereocenters. The van der Waals surface area contributed by atoms with Gasteiger partial charge in [0.15, 0.2) is 0 Å². The summed E-state index contributed by atoms with van der Waals surface area (Å²) in [7, 11) is 0. The molecule has 9 heteroatoms. The van der Waals surface area contributed by atoms with Crippen LogP contribution in [0, 0.1) is 0 Å². The lowest BCUT2D eigenvalue weighted by molar-refractivity contribution is -0.157. The largest absolute Gasteiger partial charge is 0.470 e. The van der Waals surface area contributed by atoms with Gasteiger partial charge in [0.25, 0.3) is 0 Å². The standard InChI is InChI=1S/C22H21F3N4O2/c23-22(24,25)20-28-27-19(31-20)17-11-13-29(14-12-17)21(30)26-18(15-7-3-1-4-8-15)16-9-5-2-6-10-16/h1-10,17-18H,11-14H2,(H,26,30). The molecule has 0 unspecified atom stereocenters. The molecule has 162 valence electrons. The van der Waals surface area contributed by atoms with Crippen LogP contribution in [0.25, 0.3) is 0 Å². The van der Waals surface area contributed by atoms with Crippen molar-refractivity contribution in [1.29, 1.82) is 0 Å². The van der Waals surface area contributed by atoms with E-state index in [0.717, 1.165) is 11.1 Å². The minimum atomic E-state index is -4.66. The number of likely N-dealkylation sites (tertiary alicyclic amines) is 1. The van der Waals surface area contributed by atoms with Crippen molar-refractivity contribution in [3.8, 4) is 0 Å². The third-order valence-electron chi connectivity index (χ3n) is 5.35. The van der Waals surface area contributed by atoms with Gasteiger partial charge in [-0.3, -0.25) is 0 Å². The van der Waals surface area contributed by atoms with E-state index >= 15 is 0 Å². The summed E-state index contributed by atoms with van der Waals surface area (Å²) >= 11 is 0. The molecule has 1 fully saturated rings. The molecule has 1 aromatic heterocycles. The topological polar surface area (TPSA) is 71.3 Å². The second-order valence-electron chi connectivity index (χ2n) is 7.41. The zero-order valence-corrected chi connectivity index (χ0v) is 16.5. The van der Waals surface area contributed by atoms with Crippen LogP contribution >= 0.6 is 0 Å². The molecular weight excluding hydrogens is 409 g/mol. The van der Waals surface area contributed by atoms with Crippen molar-refractivity contribution in [2.45, 2.75) is 31.0 Å². The van der Waals surface area contributed by atoms with Gasteiger partial charge in [-0.25, -0.2) is 4.79 Å². The van der Waals surface area contributed by atoms with E-state index in [1.807, 2.05) is 60.7 Å². The number of piperidine rings is 1. The van der Waals surface area contributed by atoms with Gasteiger partial charge in [0.2, 0.25) is 5.89 Å². The molecule has 2 aromatic carbocycles. The van der Waals surface area contributed by atoms with Crippen molar-refractivity contribution in [2.75, 3.05) is 13.1 Å². The molecule has 4 rings (SSSR count). The van der Waals surface area contributed by atoms with Crippen molar-refractivity contribution >= 4 is 6.03 Å². The monoisotopic (exact) mass is 430 g/mol. The second kappa shape index (κ2) is 8.79. The molecule has 0 spiro atoms. The Kier molecular flexibility index (Phi) is 5.92. The van der Waals surface area contributed by atoms with Crippen LogP contribution in [-0.4, -0.2) is 34.2 Å². The van der Waals surface area contributed by atoms with Gasteiger partial charge in [-0.15, -0.1) is 10.2 Å². The number of rotatable bonds is 4. The van der Waals surface area contributed by atoms with Crippen LogP contribution < -0.4 is 5.32 Å². The van der Waals surface area contributed by atoms with Crippen LogP contribution in [0.1, 0.15) is 47.7 Å². The van der Waals surface area contributed by atoms with Gasteiger partial charge in [-0.05, 0) is 24.0 Å². The summed E-state index contributed by atoms with van der Waals surface area (Å²) in [4.78, 5) is 14.6. The molecular formula is C22H21F3N4O2. The number of benzene rings is 2. The number of hydrogen-bond acceptors (Lipinski definition) is 4. The minimum absolute atomic E-state index is 0.0289. The fourth-order valence-corrected chi connectivity index (χ4v) is 3.71. The van der Waals surface area contributed by atoms with E-state index in [-0.39, 0.29) is 23.9 Å². The predicted molar refractivity (Wildman–Crippen MR) is 106 cm³/mol. The van der Waals surface area contributed by atoms with E-state index in [9.17, 15) is 18.0 Å². The number of halogens is 3. The molecule has 0 radical (unpaired) electrons. The molecule has 1 N–H and O–H groups in total. The lowest BCUT2D eigenvalue weighted by atomic mass is 9.96. The summed E-state index contributed by atoms with van der Waals surface area (Å²) in [5.41, 5.74) is 1.92. The first-order chi connectivity index (χ1) is 14.9. The summed E-state index contributed by atoms with van der Waals surface area (Å²) in [6.45, 7) is 0.771. The Hall–Kier alpha value is -3.36. The van der Waals surface area contributed by atoms with Gasteiger partial charge in [-0.1, -0.05) is 60.7 Å². The molecule has 2 heterocycles. The number of carbonyl (C=O) groups excluding carboxylic acids is 1. The van der Waals surface area contributed by atoms with Gasteiger partial charge in [0.1, 0.15) is 0 Å². The molecule has 1 aliphatic rings. The van der Waals surface area contributed by atoms with Crippen molar-refractivity contribution < 1.29 is 22.4 Å². The molecule has 6 nitrogen and oxygen atoms in total. The lowest BCUT2D eigenvalue weighted by Crippen LogP contribution is -2.45. The molecule has 3 aromatic rings. The fraction of sp³-hybridized carbons (Fsp3) is 0.318. The fourth-order valence-electron chi connectivity index (χ4n) is 3.71. The van der Waals surface area contributed by atoms with E-state index in [1.165, 1.54) is 0 Å². The number of amides is 2. The predicted octanol–water partition coefficient (Wildman–Crippen LogP) is 4.77. The highest BCUT2D eigenvalue weighted by Gasteiger charge is 2.39. The second-order valence-corrected chi connectivity index (χ2v) is 7.41. The van der Waals surface area contributed by atoms with Gasteiger partial charge in [0, 0.05) is 19.0 Å². The molecule has 0 aliphatic carbocycles. The maximum Gasteiger partial charge on any atom is 0.470 e. The number of nitrogens with zero attached hydrogens (tertiary/aromatic N) is 3. The highest BCUT2D eigenvalue weighted by molar-refractivity contribution is 5.75. The smallest absolute Gasteiger partial charge is 0.417 e. The van der Waals surface area contributed by atoms with E-state index in [0.29, 0.717) is 25.9 Å². The number of urea groups is 1. The molecule has 1 saturated heterocycles. The highest BCUT2D eigenvalue weighted by Crippen LogP contribution is 2.32. The Morgan fingerprint density at radius 3 is 2.00 bits per heavy atom. The van der Waals surface area contributed by atoms with Gasteiger partial charge >= 0.3 is 18.1 Å². The van der Waals surface area contributed by atoms with Crippen molar-refractivity contribution in [3.63, 3.8) is 0 Å². The summed E-state index contributed by atoms with van der Waals surface area (Å²) in [6.07, 6.45) is -3.75. The van der Waals surface area contributed by atoms with Crippen LogP contribution in [0.2, 0.25) is 0 Å². The Bertz CT molecular complexity index is 961. The summed E-state index contributed by atoms with van der Waals surface area (Å²) < 4.78 is 42.8. The van der Waals surface area contributed by atoms with Crippen LogP contribution in [0.5, 0.6) is 0 Å². The highest BCUT2D eigenvalue weighted by atomic mass is 19.4.